The fourth-order valence-corrected chi connectivity index (χ4v) is 4.90. The first-order chi connectivity index (χ1) is 13.1. The minimum Gasteiger partial charge on any atom is -0.391 e. The summed E-state index contributed by atoms with van der Waals surface area (Å²) in [5.41, 5.74) is 8.69. The number of hydrogen-bond acceptors (Lipinski definition) is 6. The smallest absolute Gasteiger partial charge is 0.151 e. The summed E-state index contributed by atoms with van der Waals surface area (Å²) in [5, 5.41) is 11.2. The van der Waals surface area contributed by atoms with Gasteiger partial charge in [-0.25, -0.2) is 9.97 Å². The molecule has 0 amide bonds. The zero-order chi connectivity index (χ0) is 18.8. The highest BCUT2D eigenvalue weighted by molar-refractivity contribution is 7.99. The highest BCUT2D eigenvalue weighted by Crippen LogP contribution is 2.28. The zero-order valence-electron chi connectivity index (χ0n) is 14.8. The van der Waals surface area contributed by atoms with E-state index < -0.39 is 0 Å². The molecule has 0 spiro atoms. The second-order valence-corrected chi connectivity index (χ2v) is 8.43. The van der Waals surface area contributed by atoms with Crippen LogP contribution in [0, 0.1) is 5.92 Å². The Morgan fingerprint density at radius 2 is 2.22 bits per heavy atom. The SMILES string of the molecule is Nc1ncnc2c(CCN3C[C@H](CSc4cccc(Cl)c4)[C@@H](O)C3)c[nH]c12. The molecule has 1 aliphatic heterocycles. The number of halogens is 1. The van der Waals surface area contributed by atoms with Crippen molar-refractivity contribution >= 4 is 40.2 Å². The Hall–Kier alpha value is -1.80. The molecule has 0 unspecified atom stereocenters. The van der Waals surface area contributed by atoms with Gasteiger partial charge < -0.3 is 20.7 Å². The van der Waals surface area contributed by atoms with E-state index in [2.05, 4.69) is 25.9 Å². The third kappa shape index (κ3) is 4.21. The number of β-amino-alcohol motifs (C(OH)–C–C–N with tert-alkyl or cyclic N) is 1. The first-order valence-electron chi connectivity index (χ1n) is 8.95. The van der Waals surface area contributed by atoms with Crippen molar-refractivity contribution in [2.45, 2.75) is 17.4 Å². The van der Waals surface area contributed by atoms with Crippen LogP contribution >= 0.6 is 23.4 Å². The third-order valence-corrected chi connectivity index (χ3v) is 6.43. The first kappa shape index (κ1) is 18.6. The lowest BCUT2D eigenvalue weighted by atomic mass is 10.1. The molecule has 2 atom stereocenters. The number of nitrogens with zero attached hydrogens (tertiary/aromatic N) is 3. The minimum absolute atomic E-state index is 0.259. The number of nitrogens with two attached hydrogens (primary N) is 1. The molecule has 8 heteroatoms. The standard InChI is InChI=1S/C19H22ClN5OS/c20-14-2-1-3-15(6-14)27-10-13-8-25(9-16(13)26)5-4-12-7-22-18-17(12)23-11-24-19(18)21/h1-3,6-7,11,13,16,22,26H,4-5,8-10H2,(H2,21,23,24)/t13-,16+/m1/s1. The molecule has 1 fully saturated rings. The number of H-pyrrole nitrogens is 1. The topological polar surface area (TPSA) is 91.1 Å². The lowest BCUT2D eigenvalue weighted by Gasteiger charge is -2.15. The second-order valence-electron chi connectivity index (χ2n) is 6.90. The van der Waals surface area contributed by atoms with Gasteiger partial charge in [-0.2, -0.15) is 0 Å². The molecular formula is C19H22ClN5OS. The summed E-state index contributed by atoms with van der Waals surface area (Å²) < 4.78 is 0. The molecule has 4 N–H and O–H groups in total. The van der Waals surface area contributed by atoms with E-state index >= 15 is 0 Å². The predicted octanol–water partition coefficient (Wildman–Crippen LogP) is 2.82. The maximum atomic E-state index is 10.4. The Balaban J connectivity index is 1.32. The summed E-state index contributed by atoms with van der Waals surface area (Å²) in [6.45, 7) is 2.49. The zero-order valence-corrected chi connectivity index (χ0v) is 16.4. The largest absolute Gasteiger partial charge is 0.391 e. The Bertz CT molecular complexity index is 933. The van der Waals surface area contributed by atoms with Gasteiger partial charge in [-0.15, -0.1) is 11.8 Å². The van der Waals surface area contributed by atoms with Crippen LogP contribution in [-0.2, 0) is 6.42 Å². The summed E-state index contributed by atoms with van der Waals surface area (Å²) in [4.78, 5) is 15.0. The van der Waals surface area contributed by atoms with E-state index in [0.717, 1.165) is 51.8 Å². The van der Waals surface area contributed by atoms with E-state index in [1.54, 1.807) is 11.8 Å². The minimum atomic E-state index is -0.294. The van der Waals surface area contributed by atoms with Crippen LogP contribution in [0.1, 0.15) is 5.56 Å². The summed E-state index contributed by atoms with van der Waals surface area (Å²) >= 11 is 7.79. The molecule has 0 saturated carbocycles. The number of anilines is 1. The number of aromatic nitrogens is 3. The maximum Gasteiger partial charge on any atom is 0.151 e. The van der Waals surface area contributed by atoms with E-state index in [-0.39, 0.29) is 12.0 Å². The Labute approximate surface area is 167 Å². The van der Waals surface area contributed by atoms with E-state index in [0.29, 0.717) is 12.4 Å². The van der Waals surface area contributed by atoms with Crippen LogP contribution in [0.2, 0.25) is 5.02 Å². The van der Waals surface area contributed by atoms with Crippen molar-refractivity contribution in [3.63, 3.8) is 0 Å². The van der Waals surface area contributed by atoms with Gasteiger partial charge in [0.1, 0.15) is 11.8 Å². The fraction of sp³-hybridized carbons (Fsp3) is 0.368. The predicted molar refractivity (Wildman–Crippen MR) is 110 cm³/mol. The highest BCUT2D eigenvalue weighted by Gasteiger charge is 2.31. The van der Waals surface area contributed by atoms with E-state index in [4.69, 9.17) is 17.3 Å². The lowest BCUT2D eigenvalue weighted by molar-refractivity contribution is 0.150. The summed E-state index contributed by atoms with van der Waals surface area (Å²) in [6, 6.07) is 7.86. The molecule has 142 valence electrons. The highest BCUT2D eigenvalue weighted by atomic mass is 35.5. The molecule has 0 radical (unpaired) electrons. The molecule has 6 nitrogen and oxygen atoms in total. The van der Waals surface area contributed by atoms with Gasteiger partial charge in [0.25, 0.3) is 0 Å². The number of benzene rings is 1. The van der Waals surface area contributed by atoms with E-state index in [9.17, 15) is 5.11 Å². The van der Waals surface area contributed by atoms with Gasteiger partial charge in [0.15, 0.2) is 5.82 Å². The average molecular weight is 404 g/mol. The van der Waals surface area contributed by atoms with Gasteiger partial charge in [0.05, 0.1) is 11.6 Å². The molecule has 1 saturated heterocycles. The number of nitrogens with one attached hydrogen (secondary N) is 1. The van der Waals surface area contributed by atoms with Crippen molar-refractivity contribution in [3.8, 4) is 0 Å². The number of aliphatic hydroxyl groups excluding tert-OH is 1. The number of aliphatic hydroxyl groups is 1. The van der Waals surface area contributed by atoms with Crippen molar-refractivity contribution in [1.82, 2.24) is 19.9 Å². The van der Waals surface area contributed by atoms with Crippen molar-refractivity contribution in [1.29, 1.82) is 0 Å². The van der Waals surface area contributed by atoms with Crippen LogP contribution in [0.4, 0.5) is 5.82 Å². The van der Waals surface area contributed by atoms with Crippen molar-refractivity contribution in [3.05, 3.63) is 47.4 Å². The number of nitrogen functional groups attached to an aromatic ring is 1. The van der Waals surface area contributed by atoms with E-state index in [1.165, 1.54) is 6.33 Å². The molecule has 3 aromatic rings. The van der Waals surface area contributed by atoms with Gasteiger partial charge in [0.2, 0.25) is 0 Å². The number of likely N-dealkylation sites (tertiary alicyclic amines) is 1. The van der Waals surface area contributed by atoms with Gasteiger partial charge in [-0.1, -0.05) is 17.7 Å². The van der Waals surface area contributed by atoms with Crippen molar-refractivity contribution in [2.75, 3.05) is 31.1 Å². The summed E-state index contributed by atoms with van der Waals surface area (Å²) in [6.07, 6.45) is 4.02. The van der Waals surface area contributed by atoms with Gasteiger partial charge in [0, 0.05) is 47.4 Å². The monoisotopic (exact) mass is 403 g/mol. The Morgan fingerprint density at radius 1 is 1.33 bits per heavy atom. The van der Waals surface area contributed by atoms with E-state index in [1.807, 2.05) is 24.4 Å². The summed E-state index contributed by atoms with van der Waals surface area (Å²) in [7, 11) is 0. The molecular weight excluding hydrogens is 382 g/mol. The number of rotatable bonds is 6. The first-order valence-corrected chi connectivity index (χ1v) is 10.3. The van der Waals surface area contributed by atoms with Crippen LogP contribution in [0.3, 0.4) is 0 Å². The average Bonchev–Trinajstić information content (AvgIpc) is 3.22. The molecule has 0 aliphatic carbocycles. The Kier molecular flexibility index (Phi) is 5.54. The molecule has 4 rings (SSSR count). The summed E-state index contributed by atoms with van der Waals surface area (Å²) in [5.74, 6) is 1.62. The number of hydrogen-bond donors (Lipinski definition) is 3. The normalized spacial score (nSPS) is 20.5. The molecule has 1 aliphatic rings. The number of aromatic amines is 1. The Morgan fingerprint density at radius 3 is 3.07 bits per heavy atom. The molecule has 2 aromatic heterocycles. The van der Waals surface area contributed by atoms with Crippen LogP contribution in [-0.4, -0.2) is 56.4 Å². The van der Waals surface area contributed by atoms with Gasteiger partial charge in [-0.05, 0) is 30.2 Å². The molecule has 3 heterocycles. The van der Waals surface area contributed by atoms with Crippen molar-refractivity contribution < 1.29 is 5.11 Å². The molecule has 1 aromatic carbocycles. The van der Waals surface area contributed by atoms with Gasteiger partial charge >= 0.3 is 0 Å². The van der Waals surface area contributed by atoms with Crippen LogP contribution in [0.5, 0.6) is 0 Å². The molecule has 27 heavy (non-hydrogen) atoms. The maximum absolute atomic E-state index is 10.4. The van der Waals surface area contributed by atoms with Crippen molar-refractivity contribution in [2.24, 2.45) is 5.92 Å². The number of fused-ring (bicyclic) bond motifs is 1. The fourth-order valence-electron chi connectivity index (χ4n) is 3.53. The number of thioether (sulfide) groups is 1. The molecule has 0 bridgehead atoms. The second kappa shape index (κ2) is 8.06. The third-order valence-electron chi connectivity index (χ3n) is 5.01. The van der Waals surface area contributed by atoms with Crippen LogP contribution in [0.25, 0.3) is 11.0 Å². The van der Waals surface area contributed by atoms with Crippen LogP contribution in [0.15, 0.2) is 41.7 Å². The van der Waals surface area contributed by atoms with Gasteiger partial charge in [-0.3, -0.25) is 0 Å². The quantitative estimate of drug-likeness (QED) is 0.548. The van der Waals surface area contributed by atoms with Crippen LogP contribution < -0.4 is 5.73 Å². The lowest BCUT2D eigenvalue weighted by Crippen LogP contribution is -2.24.